The smallest absolute Gasteiger partial charge is 0.135 e. The van der Waals surface area contributed by atoms with Crippen LogP contribution < -0.4 is 0 Å². The topological polar surface area (TPSA) is 65.5 Å². The third-order valence-corrected chi connectivity index (χ3v) is 4.77. The number of rotatable bonds is 6. The largest absolute Gasteiger partial charge is 0.390 e. The molecule has 0 aromatic rings. The third-order valence-electron chi connectivity index (χ3n) is 4.77. The zero-order valence-electron chi connectivity index (χ0n) is 14.3. The second-order valence-corrected chi connectivity index (χ2v) is 6.46. The number of allylic oxidation sites excluding steroid dienone is 1. The van der Waals surface area contributed by atoms with Gasteiger partial charge in [-0.1, -0.05) is 39.3 Å². The number of ether oxygens (including phenoxy) is 2. The summed E-state index contributed by atoms with van der Waals surface area (Å²) < 4.78 is 10.4. The van der Waals surface area contributed by atoms with Gasteiger partial charge in [0.1, 0.15) is 11.7 Å². The van der Waals surface area contributed by atoms with Crippen LogP contribution in [0.5, 0.6) is 0 Å². The Labute approximate surface area is 129 Å². The summed E-state index contributed by atoms with van der Waals surface area (Å²) in [7, 11) is 0. The van der Waals surface area contributed by atoms with Crippen molar-refractivity contribution in [2.75, 3.05) is 6.61 Å². The van der Waals surface area contributed by atoms with E-state index in [2.05, 4.69) is 13.8 Å². The van der Waals surface area contributed by atoms with Crippen LogP contribution in [0.25, 0.3) is 0 Å². The van der Waals surface area contributed by atoms with Crippen LogP contribution in [-0.4, -0.2) is 46.3 Å². The molecule has 0 aromatic carbocycles. The van der Waals surface area contributed by atoms with Crippen molar-refractivity contribution in [2.45, 2.75) is 83.9 Å². The summed E-state index contributed by atoms with van der Waals surface area (Å²) in [6, 6.07) is 0. The first-order valence-corrected chi connectivity index (χ1v) is 8.08. The van der Waals surface area contributed by atoms with Crippen molar-refractivity contribution >= 4 is 0 Å². The average Bonchev–Trinajstić information content (AvgIpc) is 3.36. The minimum Gasteiger partial charge on any atom is -0.390 e. The van der Waals surface area contributed by atoms with Gasteiger partial charge in [0, 0.05) is 0 Å². The van der Waals surface area contributed by atoms with Crippen molar-refractivity contribution in [1.82, 2.24) is 0 Å². The van der Waals surface area contributed by atoms with Crippen LogP contribution >= 0.6 is 0 Å². The molecule has 4 nitrogen and oxygen atoms in total. The van der Waals surface area contributed by atoms with E-state index in [1.54, 1.807) is 0 Å². The van der Waals surface area contributed by atoms with Gasteiger partial charge in [0.05, 0.1) is 24.4 Å². The van der Waals surface area contributed by atoms with Crippen molar-refractivity contribution in [1.29, 1.82) is 0 Å². The Morgan fingerprint density at radius 1 is 1.38 bits per heavy atom. The van der Waals surface area contributed by atoms with Gasteiger partial charge in [-0.3, -0.25) is 0 Å². The minimum absolute atomic E-state index is 0.0671. The monoisotopic (exact) mass is 300 g/mol. The van der Waals surface area contributed by atoms with Crippen molar-refractivity contribution in [2.24, 2.45) is 5.92 Å². The van der Waals surface area contributed by atoms with E-state index >= 15 is 0 Å². The van der Waals surface area contributed by atoms with E-state index in [0.717, 1.165) is 12.8 Å². The predicted molar refractivity (Wildman–Crippen MR) is 84.2 cm³/mol. The molecule has 4 heteroatoms. The Morgan fingerprint density at radius 3 is 2.19 bits per heavy atom. The van der Waals surface area contributed by atoms with E-state index in [-0.39, 0.29) is 23.9 Å². The highest BCUT2D eigenvalue weighted by molar-refractivity contribution is 5.13. The van der Waals surface area contributed by atoms with Gasteiger partial charge in [-0.25, -0.2) is 0 Å². The van der Waals surface area contributed by atoms with Crippen molar-refractivity contribution in [3.63, 3.8) is 0 Å². The molecular formula is C17H32O4. The lowest BCUT2D eigenvalue weighted by atomic mass is 9.85. The first-order chi connectivity index (χ1) is 9.75. The van der Waals surface area contributed by atoms with Crippen LogP contribution in [0, 0.1) is 5.92 Å². The molecule has 0 aliphatic carbocycles. The fourth-order valence-electron chi connectivity index (χ4n) is 2.60. The first kappa shape index (κ1) is 18.6. The Hall–Kier alpha value is -0.420. The summed E-state index contributed by atoms with van der Waals surface area (Å²) in [5.74, 6) is 0.317. The van der Waals surface area contributed by atoms with Gasteiger partial charge in [0.2, 0.25) is 0 Å². The van der Waals surface area contributed by atoms with Crippen LogP contribution in [0.3, 0.4) is 0 Å². The van der Waals surface area contributed by atoms with Gasteiger partial charge in [-0.05, 0) is 33.1 Å². The molecule has 2 aliphatic rings. The number of aliphatic hydroxyl groups excluding tert-OH is 1. The molecule has 21 heavy (non-hydrogen) atoms. The van der Waals surface area contributed by atoms with E-state index in [1.165, 1.54) is 0 Å². The van der Waals surface area contributed by atoms with E-state index in [4.69, 9.17) is 9.47 Å². The lowest BCUT2D eigenvalue weighted by Crippen LogP contribution is -2.39. The third kappa shape index (κ3) is 4.52. The van der Waals surface area contributed by atoms with Gasteiger partial charge in [-0.15, -0.1) is 0 Å². The molecule has 2 fully saturated rings. The Kier molecular flexibility index (Phi) is 6.41. The fourth-order valence-corrected chi connectivity index (χ4v) is 2.60. The molecule has 0 spiro atoms. The molecular weight excluding hydrogens is 268 g/mol. The van der Waals surface area contributed by atoms with Crippen LogP contribution in [-0.2, 0) is 9.47 Å². The summed E-state index contributed by atoms with van der Waals surface area (Å²) in [5, 5.41) is 19.4. The summed E-state index contributed by atoms with van der Waals surface area (Å²) in [6.07, 6.45) is 5.59. The SMILES string of the molecule is C/C=C/[C@]1([C@H](O)CC)CO1.CC[C@@H](C)[C@@](C)(O)[C@@H]1O[C@H]1C. The van der Waals surface area contributed by atoms with Crippen LogP contribution in [0.15, 0.2) is 12.2 Å². The molecule has 2 saturated heterocycles. The van der Waals surface area contributed by atoms with Gasteiger partial charge < -0.3 is 19.7 Å². The van der Waals surface area contributed by atoms with Crippen LogP contribution in [0.2, 0.25) is 0 Å². The molecule has 0 saturated carbocycles. The zero-order chi connectivity index (χ0) is 16.3. The minimum atomic E-state index is -0.631. The lowest BCUT2D eigenvalue weighted by Gasteiger charge is -2.27. The molecule has 6 atom stereocenters. The van der Waals surface area contributed by atoms with Gasteiger partial charge in [0.25, 0.3) is 0 Å². The van der Waals surface area contributed by atoms with Crippen molar-refractivity contribution in [3.8, 4) is 0 Å². The molecule has 124 valence electrons. The molecule has 0 aromatic heterocycles. The first-order valence-electron chi connectivity index (χ1n) is 8.08. The van der Waals surface area contributed by atoms with Gasteiger partial charge in [0.15, 0.2) is 0 Å². The second kappa shape index (κ2) is 7.23. The standard InChI is InChI=1S/C9H18O2.C8H14O2/c1-5-6(2)9(4,10)8-7(3)11-8;1-3-5-8(6-10-8)7(9)4-2/h6-8,10H,5H2,1-4H3;3,5,7,9H,4,6H2,1-2H3/b;5-3+/t6-,7+,8-,9-;7-,8-/m11/s1. The highest BCUT2D eigenvalue weighted by atomic mass is 16.6. The quantitative estimate of drug-likeness (QED) is 0.584. The molecule has 0 radical (unpaired) electrons. The highest BCUT2D eigenvalue weighted by Crippen LogP contribution is 2.37. The van der Waals surface area contributed by atoms with E-state index in [1.807, 2.05) is 39.8 Å². The number of aliphatic hydroxyl groups is 2. The average molecular weight is 300 g/mol. The maximum atomic E-state index is 9.97. The lowest BCUT2D eigenvalue weighted by molar-refractivity contribution is -0.0201. The van der Waals surface area contributed by atoms with Crippen molar-refractivity contribution in [3.05, 3.63) is 12.2 Å². The van der Waals surface area contributed by atoms with Crippen molar-refractivity contribution < 1.29 is 19.7 Å². The van der Waals surface area contributed by atoms with E-state index < -0.39 is 5.60 Å². The fraction of sp³-hybridized carbons (Fsp3) is 0.882. The molecule has 2 N–H and O–H groups in total. The highest BCUT2D eigenvalue weighted by Gasteiger charge is 2.50. The maximum Gasteiger partial charge on any atom is 0.135 e. The second-order valence-electron chi connectivity index (χ2n) is 6.46. The van der Waals surface area contributed by atoms with Gasteiger partial charge in [-0.2, -0.15) is 0 Å². The number of hydrogen-bond donors (Lipinski definition) is 2. The summed E-state index contributed by atoms with van der Waals surface area (Å²) >= 11 is 0. The van der Waals surface area contributed by atoms with Crippen LogP contribution in [0.4, 0.5) is 0 Å². The van der Waals surface area contributed by atoms with E-state index in [0.29, 0.717) is 12.5 Å². The Balaban J connectivity index is 0.000000211. The Morgan fingerprint density at radius 2 is 1.90 bits per heavy atom. The zero-order valence-corrected chi connectivity index (χ0v) is 14.3. The summed E-state index contributed by atoms with van der Waals surface area (Å²) in [6.45, 7) is 12.6. The summed E-state index contributed by atoms with van der Waals surface area (Å²) in [4.78, 5) is 0. The molecule has 2 heterocycles. The molecule has 2 aliphatic heterocycles. The van der Waals surface area contributed by atoms with Crippen LogP contribution in [0.1, 0.15) is 54.4 Å². The normalized spacial score (nSPS) is 36.4. The number of epoxide rings is 2. The summed E-state index contributed by atoms with van der Waals surface area (Å²) in [5.41, 5.74) is -0.947. The predicted octanol–water partition coefficient (Wildman–Crippen LogP) is 2.67. The number of hydrogen-bond acceptors (Lipinski definition) is 4. The maximum absolute atomic E-state index is 9.97. The molecule has 0 amide bonds. The van der Waals surface area contributed by atoms with Gasteiger partial charge >= 0.3 is 0 Å². The van der Waals surface area contributed by atoms with E-state index in [9.17, 15) is 10.2 Å². The Bertz CT molecular complexity index is 341. The molecule has 2 rings (SSSR count). The molecule has 0 bridgehead atoms. The molecule has 0 unspecified atom stereocenters.